The van der Waals surface area contributed by atoms with Gasteiger partial charge in [0, 0.05) is 18.4 Å². The van der Waals surface area contributed by atoms with E-state index in [1.54, 1.807) is 18.5 Å². The number of nitrogens with one attached hydrogen (secondary N) is 2. The number of anilines is 2. The molecule has 6 nitrogen and oxygen atoms in total. The Bertz CT molecular complexity index is 1020. The van der Waals surface area contributed by atoms with Gasteiger partial charge in [-0.25, -0.2) is 0 Å². The van der Waals surface area contributed by atoms with Gasteiger partial charge in [-0.3, -0.25) is 9.78 Å². The van der Waals surface area contributed by atoms with Gasteiger partial charge in [0.2, 0.25) is 6.79 Å². The molecule has 0 unspecified atom stereocenters. The molecule has 29 heavy (non-hydrogen) atoms. The molecule has 4 rings (SSSR count). The predicted molar refractivity (Wildman–Crippen MR) is 112 cm³/mol. The number of hydrogen-bond donors (Lipinski definition) is 2. The summed E-state index contributed by atoms with van der Waals surface area (Å²) in [7, 11) is 0. The lowest BCUT2D eigenvalue weighted by atomic mass is 10.0. The average molecular weight is 389 g/mol. The molecule has 0 aliphatic carbocycles. The fourth-order valence-electron chi connectivity index (χ4n) is 3.09. The molecule has 0 atom stereocenters. The number of nitrogens with zero attached hydrogens (tertiary/aromatic N) is 1. The average Bonchev–Trinajstić information content (AvgIpc) is 3.20. The van der Waals surface area contributed by atoms with Crippen molar-refractivity contribution in [2.24, 2.45) is 0 Å². The van der Waals surface area contributed by atoms with Crippen LogP contribution in [0.5, 0.6) is 11.5 Å². The van der Waals surface area contributed by atoms with E-state index in [0.29, 0.717) is 23.8 Å². The summed E-state index contributed by atoms with van der Waals surface area (Å²) in [4.78, 5) is 16.7. The minimum absolute atomic E-state index is 0.186. The van der Waals surface area contributed by atoms with Crippen LogP contribution in [0.25, 0.3) is 0 Å². The third-order valence-electron chi connectivity index (χ3n) is 4.76. The van der Waals surface area contributed by atoms with Crippen molar-refractivity contribution in [1.82, 2.24) is 10.3 Å². The Balaban J connectivity index is 1.39. The molecule has 2 N–H and O–H groups in total. The monoisotopic (exact) mass is 389 g/mol. The molecule has 0 fully saturated rings. The van der Waals surface area contributed by atoms with Crippen molar-refractivity contribution >= 4 is 17.3 Å². The molecular weight excluding hydrogens is 366 g/mol. The van der Waals surface area contributed by atoms with Crippen molar-refractivity contribution < 1.29 is 14.3 Å². The number of fused-ring (bicyclic) bond motifs is 1. The van der Waals surface area contributed by atoms with E-state index in [-0.39, 0.29) is 12.7 Å². The summed E-state index contributed by atoms with van der Waals surface area (Å²) in [6, 6.07) is 15.7. The summed E-state index contributed by atoms with van der Waals surface area (Å²) in [6.07, 6.45) is 3.26. The highest BCUT2D eigenvalue weighted by atomic mass is 16.7. The standard InChI is InChI=1S/C23H23N3O3/c1-15(2)17-4-6-19(7-5-17)26-20-10-18(12-24-13-20)23(27)25-11-16-3-8-21-22(9-16)29-14-28-21/h3-10,12-13,15,26H,11,14H2,1-2H3,(H,25,27). The SMILES string of the molecule is CC(C)c1ccc(Nc2cncc(C(=O)NCc3ccc4c(c3)OCO4)c2)cc1. The van der Waals surface area contributed by atoms with Crippen LogP contribution in [0.15, 0.2) is 60.9 Å². The summed E-state index contributed by atoms with van der Waals surface area (Å²) >= 11 is 0. The summed E-state index contributed by atoms with van der Waals surface area (Å²) in [5, 5.41) is 6.21. The first-order valence-corrected chi connectivity index (χ1v) is 9.57. The molecular formula is C23H23N3O3. The quantitative estimate of drug-likeness (QED) is 0.644. The largest absolute Gasteiger partial charge is 0.454 e. The molecule has 1 aliphatic rings. The smallest absolute Gasteiger partial charge is 0.253 e. The lowest BCUT2D eigenvalue weighted by molar-refractivity contribution is 0.0950. The van der Waals surface area contributed by atoms with Crippen LogP contribution in [0.3, 0.4) is 0 Å². The molecule has 0 bridgehead atoms. The molecule has 6 heteroatoms. The zero-order chi connectivity index (χ0) is 20.2. The Morgan fingerprint density at radius 1 is 1.00 bits per heavy atom. The van der Waals surface area contributed by atoms with E-state index in [1.165, 1.54) is 5.56 Å². The molecule has 1 aromatic heterocycles. The van der Waals surface area contributed by atoms with Gasteiger partial charge >= 0.3 is 0 Å². The Kier molecular flexibility index (Phi) is 5.33. The maximum Gasteiger partial charge on any atom is 0.253 e. The van der Waals surface area contributed by atoms with Crippen molar-refractivity contribution in [3.63, 3.8) is 0 Å². The maximum atomic E-state index is 12.5. The fraction of sp³-hybridized carbons (Fsp3) is 0.217. The van der Waals surface area contributed by atoms with Crippen molar-refractivity contribution in [2.45, 2.75) is 26.3 Å². The van der Waals surface area contributed by atoms with E-state index in [4.69, 9.17) is 9.47 Å². The summed E-state index contributed by atoms with van der Waals surface area (Å²) in [5.74, 6) is 1.73. The number of pyridine rings is 1. The van der Waals surface area contributed by atoms with Crippen LogP contribution in [-0.4, -0.2) is 17.7 Å². The highest BCUT2D eigenvalue weighted by Crippen LogP contribution is 2.32. The Labute approximate surface area is 169 Å². The lowest BCUT2D eigenvalue weighted by Gasteiger charge is -2.10. The summed E-state index contributed by atoms with van der Waals surface area (Å²) < 4.78 is 10.7. The topological polar surface area (TPSA) is 72.5 Å². The van der Waals surface area contributed by atoms with Crippen LogP contribution in [0.4, 0.5) is 11.4 Å². The number of rotatable bonds is 6. The zero-order valence-electron chi connectivity index (χ0n) is 16.4. The minimum atomic E-state index is -0.186. The van der Waals surface area contributed by atoms with Gasteiger partial charge < -0.3 is 20.1 Å². The molecule has 0 spiro atoms. The molecule has 1 amide bonds. The molecule has 1 aliphatic heterocycles. The van der Waals surface area contributed by atoms with Crippen molar-refractivity contribution in [2.75, 3.05) is 12.1 Å². The second-order valence-corrected chi connectivity index (χ2v) is 7.23. The van der Waals surface area contributed by atoms with E-state index in [2.05, 4.69) is 41.6 Å². The summed E-state index contributed by atoms with van der Waals surface area (Å²) in [6.45, 7) is 4.95. The zero-order valence-corrected chi connectivity index (χ0v) is 16.4. The van der Waals surface area contributed by atoms with Gasteiger partial charge in [-0.05, 0) is 47.4 Å². The van der Waals surface area contributed by atoms with Crippen molar-refractivity contribution in [1.29, 1.82) is 0 Å². The number of carbonyl (C=O) groups is 1. The third-order valence-corrected chi connectivity index (χ3v) is 4.76. The first kappa shape index (κ1) is 18.8. The molecule has 2 aromatic carbocycles. The molecule has 0 saturated carbocycles. The second-order valence-electron chi connectivity index (χ2n) is 7.23. The number of hydrogen-bond acceptors (Lipinski definition) is 5. The summed E-state index contributed by atoms with van der Waals surface area (Å²) in [5.41, 5.74) is 4.43. The van der Waals surface area contributed by atoms with Crippen LogP contribution in [-0.2, 0) is 6.54 Å². The van der Waals surface area contributed by atoms with Crippen LogP contribution in [0, 0.1) is 0 Å². The van der Waals surface area contributed by atoms with Gasteiger partial charge in [0.1, 0.15) is 0 Å². The predicted octanol–water partition coefficient (Wildman–Crippen LogP) is 4.61. The van der Waals surface area contributed by atoms with E-state index in [0.717, 1.165) is 22.7 Å². The van der Waals surface area contributed by atoms with Crippen LogP contribution in [0.2, 0.25) is 0 Å². The number of carbonyl (C=O) groups excluding carboxylic acids is 1. The molecule has 2 heterocycles. The minimum Gasteiger partial charge on any atom is -0.454 e. The highest BCUT2D eigenvalue weighted by Gasteiger charge is 2.14. The molecule has 0 radical (unpaired) electrons. The van der Waals surface area contributed by atoms with Crippen LogP contribution >= 0.6 is 0 Å². The number of ether oxygens (including phenoxy) is 2. The van der Waals surface area contributed by atoms with E-state index < -0.39 is 0 Å². The first-order valence-electron chi connectivity index (χ1n) is 9.57. The Morgan fingerprint density at radius 3 is 2.59 bits per heavy atom. The van der Waals surface area contributed by atoms with E-state index in [1.807, 2.05) is 30.3 Å². The fourth-order valence-corrected chi connectivity index (χ4v) is 3.09. The van der Waals surface area contributed by atoms with Crippen molar-refractivity contribution in [3.05, 3.63) is 77.6 Å². The Hall–Kier alpha value is -3.54. The van der Waals surface area contributed by atoms with Crippen LogP contribution in [0.1, 0.15) is 41.3 Å². The van der Waals surface area contributed by atoms with Gasteiger partial charge in [-0.1, -0.05) is 32.0 Å². The maximum absolute atomic E-state index is 12.5. The van der Waals surface area contributed by atoms with Crippen molar-refractivity contribution in [3.8, 4) is 11.5 Å². The van der Waals surface area contributed by atoms with Gasteiger partial charge in [0.25, 0.3) is 5.91 Å². The number of benzene rings is 2. The van der Waals surface area contributed by atoms with Crippen LogP contribution < -0.4 is 20.1 Å². The molecule has 0 saturated heterocycles. The second kappa shape index (κ2) is 8.22. The van der Waals surface area contributed by atoms with Gasteiger partial charge in [-0.2, -0.15) is 0 Å². The lowest BCUT2D eigenvalue weighted by Crippen LogP contribution is -2.23. The molecule has 3 aromatic rings. The van der Waals surface area contributed by atoms with E-state index >= 15 is 0 Å². The van der Waals surface area contributed by atoms with Gasteiger partial charge in [-0.15, -0.1) is 0 Å². The molecule has 148 valence electrons. The third kappa shape index (κ3) is 4.48. The van der Waals surface area contributed by atoms with E-state index in [9.17, 15) is 4.79 Å². The number of amides is 1. The normalized spacial score (nSPS) is 12.1. The first-order chi connectivity index (χ1) is 14.1. The van der Waals surface area contributed by atoms with Gasteiger partial charge in [0.15, 0.2) is 11.5 Å². The Morgan fingerprint density at radius 2 is 1.79 bits per heavy atom. The van der Waals surface area contributed by atoms with Gasteiger partial charge in [0.05, 0.1) is 17.4 Å². The highest BCUT2D eigenvalue weighted by molar-refractivity contribution is 5.94. The number of aromatic nitrogens is 1.